The lowest BCUT2D eigenvalue weighted by atomic mass is 9.76. The van der Waals surface area contributed by atoms with Gasteiger partial charge in [0, 0.05) is 51.2 Å². The van der Waals surface area contributed by atoms with E-state index in [1.807, 2.05) is 0 Å². The number of hydrogen-bond acceptors (Lipinski definition) is 3. The molecule has 0 aromatic heterocycles. The maximum atomic E-state index is 2.38. The van der Waals surface area contributed by atoms with E-state index in [0.717, 1.165) is 0 Å². The fourth-order valence-electron chi connectivity index (χ4n) is 15.1. The molecule has 3 heteroatoms. The van der Waals surface area contributed by atoms with Gasteiger partial charge in [0.25, 0.3) is 0 Å². The maximum absolute atomic E-state index is 2.38. The first-order chi connectivity index (χ1) is 59.0. The molecular formula is C126H171N3. The van der Waals surface area contributed by atoms with Crippen molar-refractivity contribution in [2.24, 2.45) is 0 Å². The van der Waals surface area contributed by atoms with Gasteiger partial charge in [0.2, 0.25) is 0 Å². The molecular weight excluding hydrogens is 1560 g/mol. The summed E-state index contributed by atoms with van der Waals surface area (Å²) in [6.07, 6.45) is 0. The van der Waals surface area contributed by atoms with E-state index in [2.05, 4.69) is 578 Å². The second-order valence-electron chi connectivity index (χ2n) is 49.1. The Balaban J connectivity index is 0.000000218. The Labute approximate surface area is 789 Å². The van der Waals surface area contributed by atoms with Crippen LogP contribution in [0.3, 0.4) is 0 Å². The zero-order valence-electron chi connectivity index (χ0n) is 88.8. The van der Waals surface area contributed by atoms with Gasteiger partial charge in [-0.2, -0.15) is 0 Å². The summed E-state index contributed by atoms with van der Waals surface area (Å²) in [4.78, 5) is 6.99. The van der Waals surface area contributed by atoms with Crippen LogP contribution in [0.4, 0.5) is 51.2 Å². The summed E-state index contributed by atoms with van der Waals surface area (Å²) in [7, 11) is 0. The summed E-state index contributed by atoms with van der Waals surface area (Å²) >= 11 is 0. The highest BCUT2D eigenvalue weighted by Gasteiger charge is 2.28. The number of hydrogen-bond donors (Lipinski definition) is 0. The van der Waals surface area contributed by atoms with Gasteiger partial charge in [-0.15, -0.1) is 0 Å². The monoisotopic (exact) mass is 1730 g/mol. The van der Waals surface area contributed by atoms with E-state index < -0.39 is 0 Å². The largest absolute Gasteiger partial charge is 0.311 e. The Morgan fingerprint density at radius 2 is 0.209 bits per heavy atom. The SMILES string of the molecule is CC(C)(C)c1cc(C(C)(C)C)cc(C(C)(C)C)c1.CC(C)(C)c1ccc(N(c2ccc(C(C)(C)C)cc2)c2ccc(C(C)(C)C)cc2)cc1.Cc1cc(C(C)(C)C)cc(C(C)(C)C)c1.Cc1cc(C)cc(C(C)(C)C)c1.Cc1ccc(N(c2ccc(C(C)(C)C)cc2)c2ccc(C(C)(C)C)cc2)cc1.Cc1ccc(N(c2ccc(C)cc2)c2ccc(C(C)(C)C)cc2)cc1. The molecule has 0 heterocycles. The first-order valence-electron chi connectivity index (χ1n) is 47.6. The molecule has 0 amide bonds. The summed E-state index contributed by atoms with van der Waals surface area (Å²) in [6.45, 7) is 94.5. The van der Waals surface area contributed by atoms with Crippen molar-refractivity contribution in [1.82, 2.24) is 0 Å². The van der Waals surface area contributed by atoms with Gasteiger partial charge in [0.15, 0.2) is 0 Å². The van der Waals surface area contributed by atoms with Gasteiger partial charge in [-0.3, -0.25) is 0 Å². The van der Waals surface area contributed by atoms with Crippen molar-refractivity contribution >= 4 is 51.2 Å². The average Bonchev–Trinajstić information content (AvgIpc) is 0.760. The van der Waals surface area contributed by atoms with E-state index in [1.165, 1.54) is 151 Å². The standard InChI is InChI=1S/C30H39N.C27H33N.C24H27N.C18H30.C15H24.C12H18/c1-28(2,3)22-10-16-25(17-11-22)31(26-18-12-23(13-19-26)29(4,5)6)27-20-14-24(15-21-27)30(7,8)9;1-20-8-14-23(15-9-20)28(24-16-10-21(11-17-24)26(2,3)4)25-18-12-22(13-19-25)27(5,6)7;1-18-6-12-21(13-7-18)25(22-14-8-19(2)9-15-22)23-16-10-20(11-17-23)24(3,4)5;1-16(2,3)13-10-14(17(4,5)6)12-15(11-13)18(7,8)9;1-11-8-12(14(2,3)4)10-13(9-11)15(5,6)7;1-9-6-10(2)8-11(7-9)12(3,4)5/h10-21H,1-9H3;8-19H,1-7H3;6-17H,1-5H3;10-12H,1-9H3;8-10H,1-7H3;6-8H,1-5H3. The molecule has 3 nitrogen and oxygen atoms in total. The van der Waals surface area contributed by atoms with Crippen molar-refractivity contribution < 1.29 is 0 Å². The van der Waals surface area contributed by atoms with Crippen molar-refractivity contribution in [3.8, 4) is 0 Å². The highest BCUT2D eigenvalue weighted by Crippen LogP contribution is 2.43. The fraction of sp³-hybridized carbons (Fsp3) is 0.429. The quantitative estimate of drug-likeness (QED) is 0.143. The molecule has 0 aliphatic rings. The Bertz CT molecular complexity index is 5120. The Morgan fingerprint density at radius 3 is 0.333 bits per heavy atom. The lowest BCUT2D eigenvalue weighted by Crippen LogP contribution is -2.20. The molecule has 0 fully saturated rings. The van der Waals surface area contributed by atoms with Crippen LogP contribution in [0.25, 0.3) is 0 Å². The molecule has 0 radical (unpaired) electrons. The lowest BCUT2D eigenvalue weighted by molar-refractivity contribution is 0.548. The first-order valence-corrected chi connectivity index (χ1v) is 47.6. The zero-order chi connectivity index (χ0) is 97.1. The predicted molar refractivity (Wildman–Crippen MR) is 576 cm³/mol. The average molecular weight is 1730 g/mol. The van der Waals surface area contributed by atoms with Crippen LogP contribution in [-0.2, 0) is 65.0 Å². The molecule has 0 saturated heterocycles. The van der Waals surface area contributed by atoms with E-state index in [9.17, 15) is 0 Å². The first kappa shape index (κ1) is 106. The highest BCUT2D eigenvalue weighted by atomic mass is 15.2. The third-order valence-corrected chi connectivity index (χ3v) is 24.3. The van der Waals surface area contributed by atoms with Crippen molar-refractivity contribution in [1.29, 1.82) is 0 Å². The predicted octanol–water partition coefficient (Wildman–Crippen LogP) is 37.9. The minimum absolute atomic E-state index is 0.145. The second-order valence-corrected chi connectivity index (χ2v) is 49.1. The third kappa shape index (κ3) is 31.7. The molecule has 0 atom stereocenters. The molecule has 0 aliphatic heterocycles. The van der Waals surface area contributed by atoms with Gasteiger partial charge in [0.1, 0.15) is 0 Å². The van der Waals surface area contributed by atoms with Crippen LogP contribution in [0.2, 0.25) is 0 Å². The highest BCUT2D eigenvalue weighted by molar-refractivity contribution is 5.80. The van der Waals surface area contributed by atoms with Gasteiger partial charge in [-0.05, 0) is 282 Å². The third-order valence-electron chi connectivity index (χ3n) is 24.3. The zero-order valence-corrected chi connectivity index (χ0v) is 88.8. The van der Waals surface area contributed by atoms with Gasteiger partial charge >= 0.3 is 0 Å². The number of anilines is 9. The second kappa shape index (κ2) is 41.6. The van der Waals surface area contributed by atoms with E-state index in [4.69, 9.17) is 0 Å². The Hall–Kier alpha value is -9.96. The van der Waals surface area contributed by atoms with E-state index >= 15 is 0 Å². The summed E-state index contributed by atoms with van der Waals surface area (Å²) < 4.78 is 0. The van der Waals surface area contributed by atoms with E-state index in [-0.39, 0.29) is 65.0 Å². The molecule has 0 bridgehead atoms. The van der Waals surface area contributed by atoms with Gasteiger partial charge in [-0.25, -0.2) is 0 Å². The van der Waals surface area contributed by atoms with Crippen molar-refractivity contribution in [2.45, 2.75) is 356 Å². The van der Waals surface area contributed by atoms with Crippen LogP contribution >= 0.6 is 0 Å². The number of aryl methyl sites for hydroxylation is 6. The van der Waals surface area contributed by atoms with Crippen LogP contribution in [0.1, 0.15) is 349 Å². The van der Waals surface area contributed by atoms with Gasteiger partial charge in [0.05, 0.1) is 0 Å². The number of rotatable bonds is 9. The molecule has 690 valence electrons. The summed E-state index contributed by atoms with van der Waals surface area (Å²) in [5, 5.41) is 0. The van der Waals surface area contributed by atoms with Crippen LogP contribution < -0.4 is 14.7 Å². The van der Waals surface area contributed by atoms with Crippen LogP contribution in [0, 0.1) is 41.5 Å². The fourth-order valence-corrected chi connectivity index (χ4v) is 15.1. The number of nitrogens with zero attached hydrogens (tertiary/aromatic N) is 3. The van der Waals surface area contributed by atoms with Crippen molar-refractivity contribution in [3.05, 3.63) is 373 Å². The van der Waals surface area contributed by atoms with Crippen LogP contribution in [0.15, 0.2) is 273 Å². The molecule has 0 saturated carbocycles. The smallest absolute Gasteiger partial charge is 0.0461 e. The summed E-state index contributed by atoms with van der Waals surface area (Å²) in [5.41, 5.74) is 37.6. The lowest BCUT2D eigenvalue weighted by Gasteiger charge is -2.29. The molecule has 0 N–H and O–H groups in total. The molecule has 12 aromatic carbocycles. The van der Waals surface area contributed by atoms with Crippen molar-refractivity contribution in [2.75, 3.05) is 14.7 Å². The Morgan fingerprint density at radius 1 is 0.109 bits per heavy atom. The molecule has 0 aliphatic carbocycles. The molecule has 12 aromatic rings. The summed E-state index contributed by atoms with van der Waals surface area (Å²) in [5.74, 6) is 0. The molecule has 129 heavy (non-hydrogen) atoms. The minimum atomic E-state index is 0.145. The maximum Gasteiger partial charge on any atom is 0.0461 e. The van der Waals surface area contributed by atoms with Gasteiger partial charge in [-0.1, -0.05) is 446 Å². The van der Waals surface area contributed by atoms with Gasteiger partial charge < -0.3 is 14.7 Å². The summed E-state index contributed by atoms with van der Waals surface area (Å²) in [6, 6.07) is 101. The van der Waals surface area contributed by atoms with Crippen LogP contribution in [-0.4, -0.2) is 0 Å². The van der Waals surface area contributed by atoms with Crippen LogP contribution in [0.5, 0.6) is 0 Å². The van der Waals surface area contributed by atoms with Crippen molar-refractivity contribution in [3.63, 3.8) is 0 Å². The van der Waals surface area contributed by atoms with E-state index in [0.29, 0.717) is 0 Å². The number of benzene rings is 12. The van der Waals surface area contributed by atoms with E-state index in [1.54, 1.807) is 0 Å². The minimum Gasteiger partial charge on any atom is -0.311 e. The normalized spacial score (nSPS) is 12.4. The molecule has 0 spiro atoms. The molecule has 12 rings (SSSR count). The molecule has 0 unspecified atom stereocenters. The topological polar surface area (TPSA) is 9.72 Å². The Kier molecular flexibility index (Phi) is 34.2.